The van der Waals surface area contributed by atoms with E-state index in [1.165, 1.54) is 0 Å². The van der Waals surface area contributed by atoms with Crippen LogP contribution in [0.15, 0.2) is 42.6 Å². The molecule has 1 heterocycles. The second-order valence-corrected chi connectivity index (χ2v) is 3.89. The van der Waals surface area contributed by atoms with Crippen molar-refractivity contribution in [1.82, 2.24) is 9.97 Å². The first-order valence-corrected chi connectivity index (χ1v) is 5.80. The predicted octanol–water partition coefficient (Wildman–Crippen LogP) is 2.84. The van der Waals surface area contributed by atoms with Crippen LogP contribution in [0.1, 0.15) is 12.1 Å². The molecule has 0 spiro atoms. The quantitative estimate of drug-likeness (QED) is 0.821. The summed E-state index contributed by atoms with van der Waals surface area (Å²) in [6.07, 6.45) is 2.17. The molecule has 0 unspecified atom stereocenters. The van der Waals surface area contributed by atoms with E-state index in [0.29, 0.717) is 18.9 Å². The molecule has 1 aromatic heterocycles. The van der Waals surface area contributed by atoms with Gasteiger partial charge in [-0.15, -0.1) is 0 Å². The van der Waals surface area contributed by atoms with Crippen LogP contribution in [0.2, 0.25) is 0 Å². The molecule has 0 amide bonds. The molecule has 0 aliphatic carbocycles. The number of nitrogens with zero attached hydrogens (tertiary/aromatic N) is 4. The Morgan fingerprint density at radius 3 is 2.67 bits per heavy atom. The molecule has 4 heteroatoms. The van der Waals surface area contributed by atoms with Crippen molar-refractivity contribution in [3.8, 4) is 6.07 Å². The molecule has 1 aromatic carbocycles. The fraction of sp³-hybridized carbons (Fsp3) is 0.214. The Bertz CT molecular complexity index is 545. The lowest BCUT2D eigenvalue weighted by molar-refractivity contribution is 0.891. The maximum absolute atomic E-state index is 8.75. The number of hydrogen-bond acceptors (Lipinski definition) is 4. The standard InChI is InChI=1S/C14H14N4/c1-12-8-10-16-14(17-12)18(11-5-9-15)13-6-3-2-4-7-13/h2-4,6-8,10H,5,11H2,1H3. The largest absolute Gasteiger partial charge is 0.310 e. The molecule has 0 bridgehead atoms. The summed E-state index contributed by atoms with van der Waals surface area (Å²) in [5.41, 5.74) is 1.91. The number of para-hydroxylation sites is 1. The zero-order chi connectivity index (χ0) is 12.8. The molecule has 0 atom stereocenters. The van der Waals surface area contributed by atoms with Gasteiger partial charge in [0.2, 0.25) is 5.95 Å². The summed E-state index contributed by atoms with van der Waals surface area (Å²) in [4.78, 5) is 10.6. The van der Waals surface area contributed by atoms with Crippen molar-refractivity contribution in [3.05, 3.63) is 48.3 Å². The van der Waals surface area contributed by atoms with Gasteiger partial charge in [-0.2, -0.15) is 5.26 Å². The zero-order valence-corrected chi connectivity index (χ0v) is 10.2. The van der Waals surface area contributed by atoms with Crippen LogP contribution < -0.4 is 4.90 Å². The summed E-state index contributed by atoms with van der Waals surface area (Å²) in [6.45, 7) is 2.52. The summed E-state index contributed by atoms with van der Waals surface area (Å²) < 4.78 is 0. The minimum absolute atomic E-state index is 0.437. The lowest BCUT2D eigenvalue weighted by atomic mass is 10.3. The normalized spacial score (nSPS) is 9.78. The molecule has 0 aliphatic heterocycles. The highest BCUT2D eigenvalue weighted by Gasteiger charge is 2.11. The van der Waals surface area contributed by atoms with Gasteiger partial charge in [-0.3, -0.25) is 0 Å². The topological polar surface area (TPSA) is 52.8 Å². The number of benzene rings is 1. The Labute approximate surface area is 107 Å². The molecule has 4 nitrogen and oxygen atoms in total. The lowest BCUT2D eigenvalue weighted by Crippen LogP contribution is -2.20. The number of rotatable bonds is 4. The van der Waals surface area contributed by atoms with E-state index < -0.39 is 0 Å². The van der Waals surface area contributed by atoms with Crippen LogP contribution in [0.25, 0.3) is 0 Å². The van der Waals surface area contributed by atoms with Crippen molar-refractivity contribution in [1.29, 1.82) is 5.26 Å². The summed E-state index contributed by atoms with van der Waals surface area (Å²) in [7, 11) is 0. The SMILES string of the molecule is Cc1ccnc(N(CCC#N)c2ccccc2)n1. The number of nitriles is 1. The smallest absolute Gasteiger partial charge is 0.230 e. The molecule has 2 rings (SSSR count). The summed E-state index contributed by atoms with van der Waals surface area (Å²) in [5, 5.41) is 8.75. The molecule has 0 saturated heterocycles. The maximum atomic E-state index is 8.75. The highest BCUT2D eigenvalue weighted by atomic mass is 15.2. The first-order chi connectivity index (χ1) is 8.81. The van der Waals surface area contributed by atoms with Gasteiger partial charge in [-0.05, 0) is 25.1 Å². The Balaban J connectivity index is 2.34. The van der Waals surface area contributed by atoms with E-state index in [1.807, 2.05) is 48.2 Å². The van der Waals surface area contributed by atoms with E-state index in [-0.39, 0.29) is 0 Å². The van der Waals surface area contributed by atoms with Gasteiger partial charge < -0.3 is 4.90 Å². The average Bonchev–Trinajstić information content (AvgIpc) is 2.40. The van der Waals surface area contributed by atoms with Crippen molar-refractivity contribution in [2.24, 2.45) is 0 Å². The third kappa shape index (κ3) is 2.83. The molecule has 0 saturated carbocycles. The minimum atomic E-state index is 0.437. The van der Waals surface area contributed by atoms with Crippen LogP contribution in [-0.2, 0) is 0 Å². The fourth-order valence-electron chi connectivity index (χ4n) is 1.68. The third-order valence-corrected chi connectivity index (χ3v) is 2.54. The predicted molar refractivity (Wildman–Crippen MR) is 70.4 cm³/mol. The number of anilines is 2. The van der Waals surface area contributed by atoms with Crippen molar-refractivity contribution in [2.75, 3.05) is 11.4 Å². The number of hydrogen-bond donors (Lipinski definition) is 0. The van der Waals surface area contributed by atoms with Crippen LogP contribution in [0.5, 0.6) is 0 Å². The fourth-order valence-corrected chi connectivity index (χ4v) is 1.68. The summed E-state index contributed by atoms with van der Waals surface area (Å²) in [5.74, 6) is 0.636. The second kappa shape index (κ2) is 5.78. The van der Waals surface area contributed by atoms with Gasteiger partial charge in [-0.1, -0.05) is 18.2 Å². The van der Waals surface area contributed by atoms with Gasteiger partial charge in [0.25, 0.3) is 0 Å². The molecule has 18 heavy (non-hydrogen) atoms. The van der Waals surface area contributed by atoms with E-state index in [2.05, 4.69) is 16.0 Å². The monoisotopic (exact) mass is 238 g/mol. The van der Waals surface area contributed by atoms with Crippen molar-refractivity contribution < 1.29 is 0 Å². The first-order valence-electron chi connectivity index (χ1n) is 5.80. The van der Waals surface area contributed by atoms with E-state index in [9.17, 15) is 0 Å². The number of aryl methyl sites for hydroxylation is 1. The van der Waals surface area contributed by atoms with E-state index >= 15 is 0 Å². The van der Waals surface area contributed by atoms with Crippen molar-refractivity contribution >= 4 is 11.6 Å². The molecule has 0 fully saturated rings. The van der Waals surface area contributed by atoms with Gasteiger partial charge in [0, 0.05) is 24.1 Å². The zero-order valence-electron chi connectivity index (χ0n) is 10.2. The van der Waals surface area contributed by atoms with Crippen LogP contribution in [0, 0.1) is 18.3 Å². The van der Waals surface area contributed by atoms with Gasteiger partial charge >= 0.3 is 0 Å². The van der Waals surface area contributed by atoms with Crippen molar-refractivity contribution in [3.63, 3.8) is 0 Å². The second-order valence-electron chi connectivity index (χ2n) is 3.89. The van der Waals surface area contributed by atoms with Crippen molar-refractivity contribution in [2.45, 2.75) is 13.3 Å². The summed E-state index contributed by atoms with van der Waals surface area (Å²) >= 11 is 0. The Kier molecular flexibility index (Phi) is 3.87. The highest BCUT2D eigenvalue weighted by molar-refractivity contribution is 5.56. The highest BCUT2D eigenvalue weighted by Crippen LogP contribution is 2.21. The molecule has 90 valence electrons. The molecular formula is C14H14N4. The molecule has 0 N–H and O–H groups in total. The summed E-state index contributed by atoms with van der Waals surface area (Å²) in [6, 6.07) is 13.9. The van der Waals surface area contributed by atoms with Crippen LogP contribution in [0.3, 0.4) is 0 Å². The maximum Gasteiger partial charge on any atom is 0.230 e. The molecular weight excluding hydrogens is 224 g/mol. The van der Waals surface area contributed by atoms with Gasteiger partial charge in [0.05, 0.1) is 12.5 Å². The average molecular weight is 238 g/mol. The molecule has 0 radical (unpaired) electrons. The van der Waals surface area contributed by atoms with E-state index in [0.717, 1.165) is 11.4 Å². The molecule has 0 aliphatic rings. The minimum Gasteiger partial charge on any atom is -0.310 e. The van der Waals surface area contributed by atoms with Crippen LogP contribution in [0.4, 0.5) is 11.6 Å². The molecule has 2 aromatic rings. The number of aromatic nitrogens is 2. The lowest BCUT2D eigenvalue weighted by Gasteiger charge is -2.21. The van der Waals surface area contributed by atoms with Crippen LogP contribution in [-0.4, -0.2) is 16.5 Å². The first kappa shape index (κ1) is 12.1. The Morgan fingerprint density at radius 2 is 2.00 bits per heavy atom. The van der Waals surface area contributed by atoms with Gasteiger partial charge in [0.1, 0.15) is 0 Å². The Hall–Kier alpha value is -2.41. The van der Waals surface area contributed by atoms with E-state index in [4.69, 9.17) is 5.26 Å². The van der Waals surface area contributed by atoms with E-state index in [1.54, 1.807) is 6.20 Å². The Morgan fingerprint density at radius 1 is 1.22 bits per heavy atom. The van der Waals surface area contributed by atoms with Gasteiger partial charge in [0.15, 0.2) is 0 Å². The third-order valence-electron chi connectivity index (χ3n) is 2.54. The van der Waals surface area contributed by atoms with Crippen LogP contribution >= 0.6 is 0 Å². The van der Waals surface area contributed by atoms with Gasteiger partial charge in [-0.25, -0.2) is 9.97 Å².